The summed E-state index contributed by atoms with van der Waals surface area (Å²) in [5.74, 6) is 0.930. The SMILES string of the molecule is CCc1cc(C(=O)O)cc(N(C)C(C)CCSC)n1. The number of hydrogen-bond acceptors (Lipinski definition) is 4. The van der Waals surface area contributed by atoms with E-state index in [1.807, 2.05) is 25.7 Å². The number of aromatic carboxylic acids is 1. The van der Waals surface area contributed by atoms with Crippen molar-refractivity contribution < 1.29 is 9.90 Å². The van der Waals surface area contributed by atoms with Gasteiger partial charge >= 0.3 is 5.97 Å². The molecular formula is C14H22N2O2S. The quantitative estimate of drug-likeness (QED) is 0.833. The van der Waals surface area contributed by atoms with Gasteiger partial charge in [0.1, 0.15) is 5.82 Å². The lowest BCUT2D eigenvalue weighted by atomic mass is 10.1. The molecule has 0 aliphatic heterocycles. The number of anilines is 1. The molecule has 1 aromatic heterocycles. The van der Waals surface area contributed by atoms with Gasteiger partial charge in [0.25, 0.3) is 0 Å². The molecule has 0 aliphatic rings. The lowest BCUT2D eigenvalue weighted by Crippen LogP contribution is -2.30. The van der Waals surface area contributed by atoms with Gasteiger partial charge in [0.05, 0.1) is 5.56 Å². The van der Waals surface area contributed by atoms with Crippen LogP contribution in [0.25, 0.3) is 0 Å². The number of rotatable bonds is 7. The van der Waals surface area contributed by atoms with Crippen molar-refractivity contribution in [2.45, 2.75) is 32.7 Å². The van der Waals surface area contributed by atoms with Gasteiger partial charge in [-0.25, -0.2) is 9.78 Å². The second-order valence-electron chi connectivity index (χ2n) is 4.61. The summed E-state index contributed by atoms with van der Waals surface area (Å²) in [6.45, 7) is 4.12. The normalized spacial score (nSPS) is 12.2. The number of carboxylic acids is 1. The second kappa shape index (κ2) is 7.38. The van der Waals surface area contributed by atoms with Crippen LogP contribution in [0, 0.1) is 0 Å². The Balaban J connectivity index is 2.97. The number of aryl methyl sites for hydroxylation is 1. The van der Waals surface area contributed by atoms with Gasteiger partial charge in [-0.2, -0.15) is 11.8 Å². The highest BCUT2D eigenvalue weighted by Gasteiger charge is 2.14. The summed E-state index contributed by atoms with van der Waals surface area (Å²) in [6, 6.07) is 3.64. The summed E-state index contributed by atoms with van der Waals surface area (Å²) >= 11 is 1.82. The van der Waals surface area contributed by atoms with Crippen LogP contribution in [0.5, 0.6) is 0 Å². The Kier molecular flexibility index (Phi) is 6.15. The van der Waals surface area contributed by atoms with Crippen molar-refractivity contribution >= 4 is 23.5 Å². The minimum atomic E-state index is -0.900. The van der Waals surface area contributed by atoms with E-state index in [1.165, 1.54) is 0 Å². The van der Waals surface area contributed by atoms with E-state index in [1.54, 1.807) is 12.1 Å². The molecule has 0 aromatic carbocycles. The van der Waals surface area contributed by atoms with Gasteiger partial charge in [0.15, 0.2) is 0 Å². The Morgan fingerprint density at radius 1 is 1.53 bits per heavy atom. The van der Waals surface area contributed by atoms with Crippen LogP contribution in [0.2, 0.25) is 0 Å². The Hall–Kier alpha value is -1.23. The monoisotopic (exact) mass is 282 g/mol. The zero-order chi connectivity index (χ0) is 14.4. The van der Waals surface area contributed by atoms with E-state index in [-0.39, 0.29) is 0 Å². The molecule has 106 valence electrons. The summed E-state index contributed by atoms with van der Waals surface area (Å²) in [7, 11) is 1.97. The molecule has 1 unspecified atom stereocenters. The number of pyridine rings is 1. The van der Waals surface area contributed by atoms with Crippen molar-refractivity contribution in [3.05, 3.63) is 23.4 Å². The fourth-order valence-electron chi connectivity index (χ4n) is 1.77. The van der Waals surface area contributed by atoms with Crippen molar-refractivity contribution in [3.63, 3.8) is 0 Å². The molecule has 0 saturated carbocycles. The molecular weight excluding hydrogens is 260 g/mol. The number of carbonyl (C=O) groups is 1. The third-order valence-electron chi connectivity index (χ3n) is 3.24. The third-order valence-corrected chi connectivity index (χ3v) is 3.88. The van der Waals surface area contributed by atoms with E-state index < -0.39 is 5.97 Å². The predicted octanol–water partition coefficient (Wildman–Crippen LogP) is 2.92. The number of carboxylic acid groups (broad SMARTS) is 1. The van der Waals surface area contributed by atoms with Crippen LogP contribution in [0.1, 0.15) is 36.3 Å². The lowest BCUT2D eigenvalue weighted by molar-refractivity contribution is 0.0696. The van der Waals surface area contributed by atoms with Crippen LogP contribution >= 0.6 is 11.8 Å². The van der Waals surface area contributed by atoms with Gasteiger partial charge in [-0.15, -0.1) is 0 Å². The van der Waals surface area contributed by atoms with Crippen molar-refractivity contribution in [3.8, 4) is 0 Å². The average molecular weight is 282 g/mol. The fourth-order valence-corrected chi connectivity index (χ4v) is 2.34. The van der Waals surface area contributed by atoms with Gasteiger partial charge in [-0.3, -0.25) is 0 Å². The zero-order valence-corrected chi connectivity index (χ0v) is 12.8. The molecule has 0 bridgehead atoms. The molecule has 1 heterocycles. The zero-order valence-electron chi connectivity index (χ0n) is 12.0. The van der Waals surface area contributed by atoms with E-state index in [9.17, 15) is 4.79 Å². The maximum atomic E-state index is 11.1. The first-order valence-corrected chi connectivity index (χ1v) is 7.85. The van der Waals surface area contributed by atoms with E-state index in [0.29, 0.717) is 11.6 Å². The fraction of sp³-hybridized carbons (Fsp3) is 0.571. The molecule has 19 heavy (non-hydrogen) atoms. The maximum absolute atomic E-state index is 11.1. The molecule has 0 saturated heterocycles. The molecule has 1 rings (SSSR count). The summed E-state index contributed by atoms with van der Waals surface area (Å²) in [5, 5.41) is 9.14. The van der Waals surface area contributed by atoms with Crippen molar-refractivity contribution in [2.75, 3.05) is 24.0 Å². The smallest absolute Gasteiger partial charge is 0.335 e. The van der Waals surface area contributed by atoms with Gasteiger partial charge in [0, 0.05) is 18.8 Å². The van der Waals surface area contributed by atoms with Crippen LogP contribution in [-0.4, -0.2) is 41.2 Å². The van der Waals surface area contributed by atoms with E-state index in [0.717, 1.165) is 30.1 Å². The number of aromatic nitrogens is 1. The van der Waals surface area contributed by atoms with Crippen molar-refractivity contribution in [1.29, 1.82) is 0 Å². The van der Waals surface area contributed by atoms with Gasteiger partial charge < -0.3 is 10.0 Å². The van der Waals surface area contributed by atoms with Crippen LogP contribution < -0.4 is 4.90 Å². The molecule has 1 atom stereocenters. The highest BCUT2D eigenvalue weighted by Crippen LogP contribution is 2.18. The highest BCUT2D eigenvalue weighted by molar-refractivity contribution is 7.98. The summed E-state index contributed by atoms with van der Waals surface area (Å²) < 4.78 is 0. The van der Waals surface area contributed by atoms with Crippen molar-refractivity contribution in [1.82, 2.24) is 4.98 Å². The number of nitrogens with zero attached hydrogens (tertiary/aromatic N) is 2. The summed E-state index contributed by atoms with van der Waals surface area (Å²) in [5.41, 5.74) is 1.13. The molecule has 5 heteroatoms. The van der Waals surface area contributed by atoms with Crippen LogP contribution in [0.15, 0.2) is 12.1 Å². The minimum absolute atomic E-state index is 0.311. The molecule has 0 amide bonds. The van der Waals surface area contributed by atoms with Gasteiger partial charge in [-0.1, -0.05) is 6.92 Å². The molecule has 0 aliphatic carbocycles. The van der Waals surface area contributed by atoms with Crippen molar-refractivity contribution in [2.24, 2.45) is 0 Å². The van der Waals surface area contributed by atoms with E-state index >= 15 is 0 Å². The molecule has 0 fully saturated rings. The molecule has 4 nitrogen and oxygen atoms in total. The van der Waals surface area contributed by atoms with Crippen LogP contribution in [-0.2, 0) is 6.42 Å². The third kappa shape index (κ3) is 4.42. The molecule has 1 aromatic rings. The standard InChI is InChI=1S/C14H22N2O2S/c1-5-12-8-11(14(17)18)9-13(15-12)16(3)10(2)6-7-19-4/h8-10H,5-7H2,1-4H3,(H,17,18). The lowest BCUT2D eigenvalue weighted by Gasteiger charge is -2.26. The first kappa shape index (κ1) is 15.8. The predicted molar refractivity (Wildman–Crippen MR) is 81.4 cm³/mol. The topological polar surface area (TPSA) is 53.4 Å². The van der Waals surface area contributed by atoms with Crippen LogP contribution in [0.3, 0.4) is 0 Å². The maximum Gasteiger partial charge on any atom is 0.335 e. The second-order valence-corrected chi connectivity index (χ2v) is 5.59. The van der Waals surface area contributed by atoms with Gasteiger partial charge in [0.2, 0.25) is 0 Å². The number of thioether (sulfide) groups is 1. The molecule has 0 radical (unpaired) electrons. The molecule has 1 N–H and O–H groups in total. The Bertz CT molecular complexity index is 437. The first-order chi connectivity index (χ1) is 8.99. The number of hydrogen-bond donors (Lipinski definition) is 1. The van der Waals surface area contributed by atoms with Crippen LogP contribution in [0.4, 0.5) is 5.82 Å². The summed E-state index contributed by atoms with van der Waals surface area (Å²) in [6.07, 6.45) is 3.88. The van der Waals surface area contributed by atoms with E-state index in [4.69, 9.17) is 5.11 Å². The Morgan fingerprint density at radius 3 is 2.74 bits per heavy atom. The largest absolute Gasteiger partial charge is 0.478 e. The van der Waals surface area contributed by atoms with E-state index in [2.05, 4.69) is 23.1 Å². The van der Waals surface area contributed by atoms with Gasteiger partial charge in [-0.05, 0) is 43.9 Å². The Labute approximate surface area is 119 Å². The first-order valence-electron chi connectivity index (χ1n) is 6.45. The average Bonchev–Trinajstić information content (AvgIpc) is 2.43. The summed E-state index contributed by atoms with van der Waals surface area (Å²) in [4.78, 5) is 17.7. The molecule has 0 spiro atoms. The Morgan fingerprint density at radius 2 is 2.21 bits per heavy atom. The highest BCUT2D eigenvalue weighted by atomic mass is 32.2. The minimum Gasteiger partial charge on any atom is -0.478 e.